The molecule has 0 nitrogen and oxygen atoms in total. The van der Waals surface area contributed by atoms with E-state index in [9.17, 15) is 0 Å². The molecule has 0 saturated heterocycles. The molecule has 0 saturated carbocycles. The van der Waals surface area contributed by atoms with Gasteiger partial charge in [-0.15, -0.1) is 13.2 Å². The molecule has 0 fully saturated rings. The third kappa shape index (κ3) is 63.2. The van der Waals surface area contributed by atoms with Gasteiger partial charge in [0.2, 0.25) is 0 Å². The monoisotopic (exact) mass is 491 g/mol. The van der Waals surface area contributed by atoms with Crippen LogP contribution < -0.4 is 0 Å². The van der Waals surface area contributed by atoms with Crippen LogP contribution in [0, 0.1) is 28.7 Å². The van der Waals surface area contributed by atoms with Crippen molar-refractivity contribution in [3.63, 3.8) is 0 Å². The summed E-state index contributed by atoms with van der Waals surface area (Å²) in [6.07, 6.45) is 5.92. The Morgan fingerprint density at radius 1 is 0.600 bits per heavy atom. The topological polar surface area (TPSA) is 0 Å². The molecule has 1 radical (unpaired) electrons. The molecule has 0 unspecified atom stereocenters. The largest absolute Gasteiger partial charge is 0.358 e. The Morgan fingerprint density at radius 3 is 0.833 bits per heavy atom. The van der Waals surface area contributed by atoms with Gasteiger partial charge in [-0.1, -0.05) is 133 Å². The average Bonchev–Trinajstić information content (AvgIpc) is 2.73. The predicted molar refractivity (Wildman–Crippen MR) is 146 cm³/mol. The number of allylic oxidation sites excluding steroid dienone is 2. The second kappa shape index (κ2) is 56.5. The van der Waals surface area contributed by atoms with Gasteiger partial charge < -0.3 is 14.9 Å². The predicted octanol–water partition coefficient (Wildman–Crippen LogP) is 10.7. The molecule has 0 aromatic heterocycles. The van der Waals surface area contributed by atoms with Crippen molar-refractivity contribution in [2.24, 2.45) is 0 Å². The molecule has 1 heteroatoms. The third-order valence-electron chi connectivity index (χ3n) is 2.46. The summed E-state index contributed by atoms with van der Waals surface area (Å²) in [5.74, 6) is 0. The van der Waals surface area contributed by atoms with Gasteiger partial charge >= 0.3 is 0 Å². The fourth-order valence-electron chi connectivity index (χ4n) is 1.07. The van der Waals surface area contributed by atoms with Crippen LogP contribution in [0.1, 0.15) is 72.9 Å². The van der Waals surface area contributed by atoms with E-state index in [0.29, 0.717) is 0 Å². The summed E-state index contributed by atoms with van der Waals surface area (Å²) in [7, 11) is 0. The van der Waals surface area contributed by atoms with E-state index in [0.717, 1.165) is 12.8 Å². The van der Waals surface area contributed by atoms with Crippen molar-refractivity contribution < 1.29 is 32.7 Å². The smallest absolute Gasteiger partial charge is 0 e. The van der Waals surface area contributed by atoms with Crippen LogP contribution in [0.3, 0.4) is 0 Å². The second-order valence-electron chi connectivity index (χ2n) is 4.70. The zero-order valence-corrected chi connectivity index (χ0v) is 24.2. The van der Waals surface area contributed by atoms with E-state index in [1.165, 1.54) is 11.1 Å². The molecule has 30 heavy (non-hydrogen) atoms. The van der Waals surface area contributed by atoms with Crippen molar-refractivity contribution in [1.29, 1.82) is 0 Å². The van der Waals surface area contributed by atoms with Crippen LogP contribution in [-0.2, 0) is 32.7 Å². The number of hydrogen-bond donors (Lipinski definition) is 0. The Kier molecular flexibility index (Phi) is 97.2. The summed E-state index contributed by atoms with van der Waals surface area (Å²) in [6.45, 7) is 23.2. The fourth-order valence-corrected chi connectivity index (χ4v) is 1.07. The van der Waals surface area contributed by atoms with Crippen LogP contribution in [-0.4, -0.2) is 0 Å². The molecule has 0 aliphatic heterocycles. The van der Waals surface area contributed by atoms with E-state index in [1.807, 2.05) is 76.2 Å². The summed E-state index contributed by atoms with van der Waals surface area (Å²) in [5.41, 5.74) is 2.64. The van der Waals surface area contributed by atoms with Crippen LogP contribution in [0.5, 0.6) is 0 Å². The number of hydrogen-bond acceptors (Lipinski definition) is 0. The zero-order chi connectivity index (χ0) is 21.1. The molecular weight excluding hydrogens is 437 g/mol. The molecule has 2 aromatic rings. The van der Waals surface area contributed by atoms with Gasteiger partial charge in [0.05, 0.1) is 0 Å². The maximum absolute atomic E-state index is 3.48. The Balaban J connectivity index is -0.0000000334. The number of rotatable bonds is 2. The van der Waals surface area contributed by atoms with E-state index in [2.05, 4.69) is 65.1 Å². The Morgan fingerprint density at radius 2 is 0.767 bits per heavy atom. The minimum Gasteiger partial charge on any atom is -0.358 e. The van der Waals surface area contributed by atoms with Crippen LogP contribution in [0.15, 0.2) is 86.0 Å². The fraction of sp³-hybridized carbons (Fsp3) is 0.379. The van der Waals surface area contributed by atoms with Gasteiger partial charge in [0.25, 0.3) is 0 Å². The molecule has 0 bridgehead atoms. The number of aryl methyl sites for hydroxylation is 2. The van der Waals surface area contributed by atoms with E-state index < -0.39 is 0 Å². The molecule has 2 aromatic carbocycles. The maximum Gasteiger partial charge on any atom is 0 e. The number of benzene rings is 2. The van der Waals surface area contributed by atoms with Gasteiger partial charge in [0, 0.05) is 32.7 Å². The van der Waals surface area contributed by atoms with Crippen LogP contribution in [0.25, 0.3) is 0 Å². The van der Waals surface area contributed by atoms with Gasteiger partial charge in [-0.05, 0) is 26.7 Å². The molecular formula is C29H54Y-2. The molecule has 0 aliphatic carbocycles. The summed E-state index contributed by atoms with van der Waals surface area (Å²) in [6, 6.07) is 20.5. The van der Waals surface area contributed by atoms with E-state index in [-0.39, 0.29) is 55.0 Å². The van der Waals surface area contributed by atoms with Crippen molar-refractivity contribution in [3.05, 3.63) is 112 Å². The summed E-state index contributed by atoms with van der Waals surface area (Å²) in [4.78, 5) is 0. The quantitative estimate of drug-likeness (QED) is 0.289. The minimum atomic E-state index is 0. The zero-order valence-electron chi connectivity index (χ0n) is 21.3. The van der Waals surface area contributed by atoms with Gasteiger partial charge in [-0.3, -0.25) is 0 Å². The first-order valence-corrected chi connectivity index (χ1v) is 9.87. The Bertz CT molecular complexity index is 401. The molecule has 175 valence electrons. The van der Waals surface area contributed by atoms with E-state index in [4.69, 9.17) is 0 Å². The van der Waals surface area contributed by atoms with Crippen LogP contribution >= 0.6 is 0 Å². The molecule has 0 N–H and O–H groups in total. The summed E-state index contributed by atoms with van der Waals surface area (Å²) < 4.78 is 0. The molecule has 0 amide bonds. The minimum absolute atomic E-state index is 0. The molecule has 0 spiro atoms. The van der Waals surface area contributed by atoms with Crippen molar-refractivity contribution >= 4 is 0 Å². The van der Waals surface area contributed by atoms with Gasteiger partial charge in [0.15, 0.2) is 0 Å². The second-order valence-corrected chi connectivity index (χ2v) is 4.70. The SMILES string of the molecule is C.C=CCC.C=CCC.CC.CC.Cc1ccccc1.Cc1ccccc1.[CH3-].[CH3-].[Y]. The van der Waals surface area contributed by atoms with Crippen molar-refractivity contribution in [3.8, 4) is 0 Å². The molecule has 0 aliphatic rings. The molecule has 0 heterocycles. The van der Waals surface area contributed by atoms with Gasteiger partial charge in [0.1, 0.15) is 0 Å². The Hall–Kier alpha value is -0.976. The third-order valence-corrected chi connectivity index (χ3v) is 2.46. The maximum atomic E-state index is 3.48. The Labute approximate surface area is 219 Å². The average molecular weight is 492 g/mol. The van der Waals surface area contributed by atoms with Gasteiger partial charge in [-0.25, -0.2) is 0 Å². The van der Waals surface area contributed by atoms with Crippen molar-refractivity contribution in [1.82, 2.24) is 0 Å². The summed E-state index contributed by atoms with van der Waals surface area (Å²) in [5, 5.41) is 0. The van der Waals surface area contributed by atoms with Crippen LogP contribution in [0.4, 0.5) is 0 Å². The first kappa shape index (κ1) is 51.6. The van der Waals surface area contributed by atoms with Gasteiger partial charge in [-0.2, -0.15) is 0 Å². The van der Waals surface area contributed by atoms with Crippen molar-refractivity contribution in [2.45, 2.75) is 75.7 Å². The first-order valence-electron chi connectivity index (χ1n) is 9.87. The normalized spacial score (nSPS) is 6.13. The first-order chi connectivity index (χ1) is 12.6. The van der Waals surface area contributed by atoms with Crippen LogP contribution in [0.2, 0.25) is 0 Å². The van der Waals surface area contributed by atoms with E-state index in [1.54, 1.807) is 0 Å². The van der Waals surface area contributed by atoms with Crippen molar-refractivity contribution in [2.75, 3.05) is 0 Å². The standard InChI is InChI=1S/2C7H8.2C4H8.2C2H6.CH4.2CH3.Y/c2*1-7-5-3-2-4-6-7;2*1-3-4-2;2*1-2;;;;/h2*2-6H,1H3;2*3H,1,4H2,2H3;2*1-2H3;1H4;2*1H3;/q;;;;;;;2*-1;. The van der Waals surface area contributed by atoms with E-state index >= 15 is 0 Å². The summed E-state index contributed by atoms with van der Waals surface area (Å²) >= 11 is 0. The molecule has 0 atom stereocenters. The molecule has 2 rings (SSSR count).